The highest BCUT2D eigenvalue weighted by atomic mass is 15.3. The monoisotopic (exact) mass is 185 g/mol. The van der Waals surface area contributed by atoms with Crippen LogP contribution in [0.3, 0.4) is 0 Å². The van der Waals surface area contributed by atoms with Gasteiger partial charge in [-0.25, -0.2) is 0 Å². The topological polar surface area (TPSA) is 32.5 Å². The van der Waals surface area contributed by atoms with Crippen molar-refractivity contribution in [3.8, 4) is 0 Å². The van der Waals surface area contributed by atoms with Gasteiger partial charge in [0.1, 0.15) is 0 Å². The first-order chi connectivity index (χ1) is 6.01. The van der Waals surface area contributed by atoms with Crippen molar-refractivity contribution in [2.45, 2.75) is 32.4 Å². The van der Waals surface area contributed by atoms with Crippen molar-refractivity contribution in [2.24, 2.45) is 5.73 Å². The molecule has 3 nitrogen and oxygen atoms in total. The van der Waals surface area contributed by atoms with Crippen LogP contribution in [0, 0.1) is 0 Å². The molecule has 3 heteroatoms. The van der Waals surface area contributed by atoms with Gasteiger partial charge in [-0.15, -0.1) is 0 Å². The quantitative estimate of drug-likeness (QED) is 0.674. The second kappa shape index (κ2) is 3.95. The van der Waals surface area contributed by atoms with Crippen molar-refractivity contribution in [3.63, 3.8) is 0 Å². The van der Waals surface area contributed by atoms with Crippen molar-refractivity contribution in [1.82, 2.24) is 9.80 Å². The smallest absolute Gasteiger partial charge is 0.0343 e. The number of piperazine rings is 1. The summed E-state index contributed by atoms with van der Waals surface area (Å²) in [6.45, 7) is 10.9. The van der Waals surface area contributed by atoms with Crippen LogP contribution < -0.4 is 5.73 Å². The average molecular weight is 185 g/mol. The van der Waals surface area contributed by atoms with Gasteiger partial charge in [-0.2, -0.15) is 0 Å². The molecule has 1 heterocycles. The Morgan fingerprint density at radius 1 is 1.46 bits per heavy atom. The maximum Gasteiger partial charge on any atom is 0.0343 e. The zero-order valence-electron chi connectivity index (χ0n) is 9.38. The largest absolute Gasteiger partial charge is 0.329 e. The van der Waals surface area contributed by atoms with Crippen LogP contribution in [0.5, 0.6) is 0 Å². The van der Waals surface area contributed by atoms with E-state index in [4.69, 9.17) is 5.73 Å². The van der Waals surface area contributed by atoms with E-state index in [0.717, 1.165) is 26.2 Å². The molecular formula is C10H23N3. The molecular weight excluding hydrogens is 162 g/mol. The number of rotatable bonds is 2. The summed E-state index contributed by atoms with van der Waals surface area (Å²) < 4.78 is 0. The molecule has 1 rings (SSSR count). The summed E-state index contributed by atoms with van der Waals surface area (Å²) in [5.41, 5.74) is 6.03. The molecule has 13 heavy (non-hydrogen) atoms. The van der Waals surface area contributed by atoms with Crippen molar-refractivity contribution in [2.75, 3.05) is 33.2 Å². The van der Waals surface area contributed by atoms with E-state index in [1.165, 1.54) is 0 Å². The standard InChI is InChI=1S/C10H23N3/c1-5-13-7-9(6-11)12(4)8-10(13,2)3/h9H,5-8,11H2,1-4H3. The predicted molar refractivity (Wildman–Crippen MR) is 56.8 cm³/mol. The fraction of sp³-hybridized carbons (Fsp3) is 1.00. The molecule has 0 aromatic heterocycles. The molecule has 0 saturated carbocycles. The van der Waals surface area contributed by atoms with Crippen molar-refractivity contribution in [3.05, 3.63) is 0 Å². The molecule has 0 aromatic carbocycles. The minimum absolute atomic E-state index is 0.301. The van der Waals surface area contributed by atoms with Crippen molar-refractivity contribution in [1.29, 1.82) is 0 Å². The molecule has 0 radical (unpaired) electrons. The van der Waals surface area contributed by atoms with E-state index in [1.54, 1.807) is 0 Å². The molecule has 1 aliphatic heterocycles. The summed E-state index contributed by atoms with van der Waals surface area (Å²) in [7, 11) is 2.17. The van der Waals surface area contributed by atoms with Crippen molar-refractivity contribution >= 4 is 0 Å². The first kappa shape index (κ1) is 11.0. The Labute approximate surface area is 81.9 Å². The molecule has 1 fully saturated rings. The van der Waals surface area contributed by atoms with Crippen LogP contribution in [0.4, 0.5) is 0 Å². The molecule has 0 bridgehead atoms. The Morgan fingerprint density at radius 3 is 2.54 bits per heavy atom. The molecule has 78 valence electrons. The van der Waals surface area contributed by atoms with E-state index in [9.17, 15) is 0 Å². The van der Waals surface area contributed by atoms with Gasteiger partial charge < -0.3 is 5.73 Å². The SMILES string of the molecule is CCN1CC(CN)N(C)CC1(C)C. The van der Waals surface area contributed by atoms with Gasteiger partial charge in [0.25, 0.3) is 0 Å². The number of hydrogen-bond donors (Lipinski definition) is 1. The van der Waals surface area contributed by atoms with Gasteiger partial charge >= 0.3 is 0 Å². The van der Waals surface area contributed by atoms with Crippen LogP contribution in [0.25, 0.3) is 0 Å². The molecule has 1 unspecified atom stereocenters. The maximum atomic E-state index is 5.73. The van der Waals surface area contributed by atoms with E-state index in [0.29, 0.717) is 11.6 Å². The maximum absolute atomic E-state index is 5.73. The zero-order valence-corrected chi connectivity index (χ0v) is 9.38. The summed E-state index contributed by atoms with van der Waals surface area (Å²) in [4.78, 5) is 4.90. The molecule has 0 aromatic rings. The fourth-order valence-electron chi connectivity index (χ4n) is 2.29. The highest BCUT2D eigenvalue weighted by molar-refractivity contribution is 4.93. The minimum atomic E-state index is 0.301. The van der Waals surface area contributed by atoms with E-state index in [2.05, 4.69) is 37.6 Å². The first-order valence-corrected chi connectivity index (χ1v) is 5.16. The number of hydrogen-bond acceptors (Lipinski definition) is 3. The lowest BCUT2D eigenvalue weighted by molar-refractivity contribution is 0.00182. The molecule has 0 aliphatic carbocycles. The summed E-state index contributed by atoms with van der Waals surface area (Å²) in [5, 5.41) is 0. The second-order valence-corrected chi connectivity index (χ2v) is 4.66. The van der Waals surface area contributed by atoms with Gasteiger partial charge in [0.2, 0.25) is 0 Å². The van der Waals surface area contributed by atoms with Gasteiger partial charge in [-0.1, -0.05) is 6.92 Å². The highest BCUT2D eigenvalue weighted by Gasteiger charge is 2.35. The van der Waals surface area contributed by atoms with Gasteiger partial charge in [0, 0.05) is 31.2 Å². The third kappa shape index (κ3) is 2.22. The molecule has 1 saturated heterocycles. The van der Waals surface area contributed by atoms with Crippen LogP contribution >= 0.6 is 0 Å². The van der Waals surface area contributed by atoms with Crippen LogP contribution in [0.1, 0.15) is 20.8 Å². The Bertz CT molecular complexity index is 168. The zero-order chi connectivity index (χ0) is 10.1. The van der Waals surface area contributed by atoms with Gasteiger partial charge in [-0.05, 0) is 27.4 Å². The van der Waals surface area contributed by atoms with Gasteiger partial charge in [0.05, 0.1) is 0 Å². The van der Waals surface area contributed by atoms with E-state index >= 15 is 0 Å². The van der Waals surface area contributed by atoms with Crippen LogP contribution in [-0.4, -0.2) is 54.6 Å². The van der Waals surface area contributed by atoms with Crippen LogP contribution in [0.2, 0.25) is 0 Å². The Morgan fingerprint density at radius 2 is 2.08 bits per heavy atom. The summed E-state index contributed by atoms with van der Waals surface area (Å²) in [5.74, 6) is 0. The molecule has 1 atom stereocenters. The first-order valence-electron chi connectivity index (χ1n) is 5.16. The molecule has 1 aliphatic rings. The minimum Gasteiger partial charge on any atom is -0.329 e. The van der Waals surface area contributed by atoms with Gasteiger partial charge in [0.15, 0.2) is 0 Å². The number of nitrogens with zero attached hydrogens (tertiary/aromatic N) is 2. The summed E-state index contributed by atoms with van der Waals surface area (Å²) in [6.07, 6.45) is 0. The fourth-order valence-corrected chi connectivity index (χ4v) is 2.29. The summed E-state index contributed by atoms with van der Waals surface area (Å²) >= 11 is 0. The lowest BCUT2D eigenvalue weighted by Gasteiger charge is -2.49. The van der Waals surface area contributed by atoms with E-state index in [1.807, 2.05) is 0 Å². The normalized spacial score (nSPS) is 30.7. The van der Waals surface area contributed by atoms with E-state index < -0.39 is 0 Å². The predicted octanol–water partition coefficient (Wildman–Crippen LogP) is 0.360. The van der Waals surface area contributed by atoms with Crippen LogP contribution in [0.15, 0.2) is 0 Å². The highest BCUT2D eigenvalue weighted by Crippen LogP contribution is 2.22. The third-order valence-electron chi connectivity index (χ3n) is 3.20. The Balaban J connectivity index is 2.66. The average Bonchev–Trinajstić information content (AvgIpc) is 2.03. The Hall–Kier alpha value is -0.120. The molecule has 0 spiro atoms. The lowest BCUT2D eigenvalue weighted by atomic mass is 9.96. The van der Waals surface area contributed by atoms with Gasteiger partial charge in [-0.3, -0.25) is 9.80 Å². The van der Waals surface area contributed by atoms with E-state index in [-0.39, 0.29) is 0 Å². The lowest BCUT2D eigenvalue weighted by Crippen LogP contribution is -2.63. The Kier molecular flexibility index (Phi) is 3.33. The van der Waals surface area contributed by atoms with Crippen molar-refractivity contribution < 1.29 is 0 Å². The third-order valence-corrected chi connectivity index (χ3v) is 3.20. The number of likely N-dealkylation sites (N-methyl/N-ethyl adjacent to an activating group) is 2. The number of nitrogens with two attached hydrogens (primary N) is 1. The molecule has 0 amide bonds. The second-order valence-electron chi connectivity index (χ2n) is 4.66. The van der Waals surface area contributed by atoms with Crippen LogP contribution in [-0.2, 0) is 0 Å². The molecule has 2 N–H and O–H groups in total. The summed E-state index contributed by atoms with van der Waals surface area (Å²) in [6, 6.07) is 0.535.